The highest BCUT2D eigenvalue weighted by molar-refractivity contribution is 6.32. The number of halogens is 1. The molecule has 3 aromatic rings. The molecule has 2 amide bonds. The van der Waals surface area contributed by atoms with Gasteiger partial charge in [-0.25, -0.2) is 0 Å². The molecule has 0 bridgehead atoms. The van der Waals surface area contributed by atoms with Gasteiger partial charge in [0.1, 0.15) is 11.5 Å². The lowest BCUT2D eigenvalue weighted by atomic mass is 10.2. The first kappa shape index (κ1) is 21.2. The Balaban J connectivity index is 1.73. The fourth-order valence-electron chi connectivity index (χ4n) is 2.50. The lowest BCUT2D eigenvalue weighted by Gasteiger charge is -2.14. The number of para-hydroxylation sites is 3. The Morgan fingerprint density at radius 2 is 1.63 bits per heavy atom. The van der Waals surface area contributed by atoms with Crippen molar-refractivity contribution in [1.29, 1.82) is 0 Å². The van der Waals surface area contributed by atoms with Gasteiger partial charge < -0.3 is 19.7 Å². The molecule has 0 unspecified atom stereocenters. The van der Waals surface area contributed by atoms with Crippen molar-refractivity contribution in [3.05, 3.63) is 83.4 Å². The van der Waals surface area contributed by atoms with Crippen LogP contribution in [0.4, 0.5) is 5.69 Å². The summed E-state index contributed by atoms with van der Waals surface area (Å²) in [5, 5.41) is 3.31. The van der Waals surface area contributed by atoms with Crippen LogP contribution in [0.25, 0.3) is 0 Å². The summed E-state index contributed by atoms with van der Waals surface area (Å²) in [7, 11) is 3.30. The molecule has 3 rings (SSSR count). The van der Waals surface area contributed by atoms with Crippen molar-refractivity contribution in [2.45, 2.75) is 0 Å². The van der Waals surface area contributed by atoms with Gasteiger partial charge in [-0.3, -0.25) is 9.59 Å². The van der Waals surface area contributed by atoms with Crippen LogP contribution < -0.4 is 14.8 Å². The zero-order chi connectivity index (χ0) is 21.5. The van der Waals surface area contributed by atoms with Crippen LogP contribution in [0.1, 0.15) is 10.4 Å². The SMILES string of the molecule is CN(C)C(=O)COc1cccc(C(=O)Nc2ccccc2Oc2ccccc2Cl)c1. The van der Waals surface area contributed by atoms with Gasteiger partial charge in [-0.1, -0.05) is 41.9 Å². The van der Waals surface area contributed by atoms with Crippen LogP contribution in [0.3, 0.4) is 0 Å². The predicted octanol–water partition coefficient (Wildman–Crippen LogP) is 4.85. The number of rotatable bonds is 7. The van der Waals surface area contributed by atoms with E-state index in [2.05, 4.69) is 5.32 Å². The number of likely N-dealkylation sites (N-methyl/N-ethyl adjacent to an activating group) is 1. The van der Waals surface area contributed by atoms with E-state index in [-0.39, 0.29) is 18.4 Å². The van der Waals surface area contributed by atoms with Gasteiger partial charge in [0.2, 0.25) is 0 Å². The Morgan fingerprint density at radius 3 is 2.37 bits per heavy atom. The molecule has 0 aromatic heterocycles. The van der Waals surface area contributed by atoms with Crippen LogP contribution in [-0.4, -0.2) is 37.4 Å². The molecule has 0 spiro atoms. The Morgan fingerprint density at radius 1 is 0.933 bits per heavy atom. The molecule has 0 saturated carbocycles. The maximum Gasteiger partial charge on any atom is 0.259 e. The maximum atomic E-state index is 12.8. The van der Waals surface area contributed by atoms with Crippen LogP contribution in [-0.2, 0) is 4.79 Å². The molecule has 6 nitrogen and oxygen atoms in total. The van der Waals surface area contributed by atoms with Gasteiger partial charge in [-0.15, -0.1) is 0 Å². The Labute approximate surface area is 180 Å². The Kier molecular flexibility index (Phi) is 6.93. The Hall–Kier alpha value is -3.51. The van der Waals surface area contributed by atoms with Crippen LogP contribution >= 0.6 is 11.6 Å². The zero-order valence-electron chi connectivity index (χ0n) is 16.6. The molecule has 0 saturated heterocycles. The first-order valence-electron chi connectivity index (χ1n) is 9.20. The molecule has 0 radical (unpaired) electrons. The topological polar surface area (TPSA) is 67.9 Å². The third-order valence-corrected chi connectivity index (χ3v) is 4.46. The second-order valence-electron chi connectivity index (χ2n) is 6.59. The smallest absolute Gasteiger partial charge is 0.259 e. The highest BCUT2D eigenvalue weighted by Crippen LogP contribution is 2.33. The lowest BCUT2D eigenvalue weighted by Crippen LogP contribution is -2.27. The van der Waals surface area contributed by atoms with E-state index >= 15 is 0 Å². The molecule has 3 aromatic carbocycles. The number of ether oxygens (including phenoxy) is 2. The fourth-order valence-corrected chi connectivity index (χ4v) is 2.67. The quantitative estimate of drug-likeness (QED) is 0.588. The monoisotopic (exact) mass is 424 g/mol. The highest BCUT2D eigenvalue weighted by atomic mass is 35.5. The van der Waals surface area contributed by atoms with E-state index < -0.39 is 0 Å². The molecular weight excluding hydrogens is 404 g/mol. The summed E-state index contributed by atoms with van der Waals surface area (Å²) in [6.45, 7) is -0.105. The summed E-state index contributed by atoms with van der Waals surface area (Å²) in [5.41, 5.74) is 0.883. The number of anilines is 1. The van der Waals surface area contributed by atoms with Crippen LogP contribution in [0.5, 0.6) is 17.2 Å². The normalized spacial score (nSPS) is 10.2. The van der Waals surface area contributed by atoms with Crippen molar-refractivity contribution in [2.24, 2.45) is 0 Å². The van der Waals surface area contributed by atoms with Gasteiger partial charge in [0.05, 0.1) is 10.7 Å². The predicted molar refractivity (Wildman–Crippen MR) is 117 cm³/mol. The highest BCUT2D eigenvalue weighted by Gasteiger charge is 2.13. The molecule has 0 heterocycles. The molecule has 0 aliphatic carbocycles. The Bertz CT molecular complexity index is 1050. The molecule has 7 heteroatoms. The number of hydrogen-bond donors (Lipinski definition) is 1. The minimum Gasteiger partial charge on any atom is -0.484 e. The van der Waals surface area contributed by atoms with E-state index in [4.69, 9.17) is 21.1 Å². The van der Waals surface area contributed by atoms with E-state index in [1.54, 1.807) is 74.8 Å². The van der Waals surface area contributed by atoms with E-state index in [9.17, 15) is 9.59 Å². The van der Waals surface area contributed by atoms with Crippen LogP contribution in [0, 0.1) is 0 Å². The van der Waals surface area contributed by atoms with Gasteiger partial charge in [0.25, 0.3) is 11.8 Å². The lowest BCUT2D eigenvalue weighted by molar-refractivity contribution is -0.130. The summed E-state index contributed by atoms with van der Waals surface area (Å²) < 4.78 is 11.4. The number of carbonyl (C=O) groups is 2. The van der Waals surface area contributed by atoms with E-state index in [1.807, 2.05) is 12.1 Å². The summed E-state index contributed by atoms with van der Waals surface area (Å²) >= 11 is 6.16. The van der Waals surface area contributed by atoms with Gasteiger partial charge in [0, 0.05) is 19.7 Å². The number of nitrogens with zero attached hydrogens (tertiary/aromatic N) is 1. The summed E-state index contributed by atoms with van der Waals surface area (Å²) in [5.74, 6) is 0.869. The van der Waals surface area contributed by atoms with Crippen molar-refractivity contribution < 1.29 is 19.1 Å². The first-order valence-corrected chi connectivity index (χ1v) is 9.57. The van der Waals surface area contributed by atoms with Crippen LogP contribution in [0.15, 0.2) is 72.8 Å². The number of amides is 2. The van der Waals surface area contributed by atoms with E-state index in [0.29, 0.717) is 33.5 Å². The molecule has 0 aliphatic rings. The van der Waals surface area contributed by atoms with Crippen molar-refractivity contribution in [3.63, 3.8) is 0 Å². The molecule has 0 atom stereocenters. The number of benzene rings is 3. The van der Waals surface area contributed by atoms with Gasteiger partial charge in [0.15, 0.2) is 12.4 Å². The second-order valence-corrected chi connectivity index (χ2v) is 6.99. The van der Waals surface area contributed by atoms with Gasteiger partial charge >= 0.3 is 0 Å². The largest absolute Gasteiger partial charge is 0.484 e. The molecule has 154 valence electrons. The fraction of sp³-hybridized carbons (Fsp3) is 0.130. The minimum atomic E-state index is -0.338. The third-order valence-electron chi connectivity index (χ3n) is 4.15. The van der Waals surface area contributed by atoms with Crippen molar-refractivity contribution >= 4 is 29.1 Å². The van der Waals surface area contributed by atoms with E-state index in [0.717, 1.165) is 0 Å². The van der Waals surface area contributed by atoms with E-state index in [1.165, 1.54) is 4.90 Å². The standard InChI is InChI=1S/C23H21ClN2O4/c1-26(2)22(27)15-29-17-9-7-8-16(14-17)23(28)25-19-11-4-6-13-21(19)30-20-12-5-3-10-18(20)24/h3-14H,15H2,1-2H3,(H,25,28). The number of nitrogens with one attached hydrogen (secondary N) is 1. The summed E-state index contributed by atoms with van der Waals surface area (Å²) in [6.07, 6.45) is 0. The maximum absolute atomic E-state index is 12.8. The first-order chi connectivity index (χ1) is 14.4. The van der Waals surface area contributed by atoms with Crippen molar-refractivity contribution in [1.82, 2.24) is 4.90 Å². The number of hydrogen-bond acceptors (Lipinski definition) is 4. The third kappa shape index (κ3) is 5.52. The molecule has 0 fully saturated rings. The van der Waals surface area contributed by atoms with Crippen molar-refractivity contribution in [2.75, 3.05) is 26.0 Å². The minimum absolute atomic E-state index is 0.105. The molecule has 30 heavy (non-hydrogen) atoms. The summed E-state index contributed by atoms with van der Waals surface area (Å²) in [4.78, 5) is 25.9. The zero-order valence-corrected chi connectivity index (χ0v) is 17.3. The average molecular weight is 425 g/mol. The molecule has 0 aliphatic heterocycles. The summed E-state index contributed by atoms with van der Waals surface area (Å²) in [6, 6.07) is 20.8. The number of carbonyl (C=O) groups excluding carboxylic acids is 2. The second kappa shape index (κ2) is 9.80. The van der Waals surface area contributed by atoms with Crippen LogP contribution in [0.2, 0.25) is 5.02 Å². The average Bonchev–Trinajstić information content (AvgIpc) is 2.75. The molecule has 1 N–H and O–H groups in total. The molecular formula is C23H21ClN2O4. The van der Waals surface area contributed by atoms with Gasteiger partial charge in [-0.05, 0) is 42.5 Å². The van der Waals surface area contributed by atoms with Gasteiger partial charge in [-0.2, -0.15) is 0 Å². The van der Waals surface area contributed by atoms with Crippen molar-refractivity contribution in [3.8, 4) is 17.2 Å².